The number of rotatable bonds is 1. The summed E-state index contributed by atoms with van der Waals surface area (Å²) >= 11 is 0. The standard InChI is InChI=1S/C11H11FO2/c1-3-9-10(13)8-5-7(12)4-6(2)11(8)14-9/h4-5,9H,3H2,1-2H3. The van der Waals surface area contributed by atoms with Crippen LogP contribution in [0.5, 0.6) is 5.75 Å². The average Bonchev–Trinajstić information content (AvgIpc) is 2.44. The first-order valence-electron chi connectivity index (χ1n) is 4.64. The third-order valence-corrected chi connectivity index (χ3v) is 2.43. The number of ketones is 1. The zero-order valence-electron chi connectivity index (χ0n) is 8.13. The van der Waals surface area contributed by atoms with E-state index in [0.717, 1.165) is 0 Å². The molecule has 0 amide bonds. The van der Waals surface area contributed by atoms with Gasteiger partial charge in [0.1, 0.15) is 11.6 Å². The van der Waals surface area contributed by atoms with Gasteiger partial charge in [-0.25, -0.2) is 4.39 Å². The van der Waals surface area contributed by atoms with Crippen LogP contribution in [0.1, 0.15) is 29.3 Å². The molecule has 14 heavy (non-hydrogen) atoms. The van der Waals surface area contributed by atoms with Gasteiger partial charge in [0.25, 0.3) is 0 Å². The summed E-state index contributed by atoms with van der Waals surface area (Å²) in [6.07, 6.45) is 0.194. The van der Waals surface area contributed by atoms with Gasteiger partial charge in [-0.3, -0.25) is 4.79 Å². The first-order chi connectivity index (χ1) is 6.63. The van der Waals surface area contributed by atoms with E-state index in [1.807, 2.05) is 6.92 Å². The molecule has 3 heteroatoms. The van der Waals surface area contributed by atoms with Crippen molar-refractivity contribution in [2.24, 2.45) is 0 Å². The molecule has 1 aromatic carbocycles. The van der Waals surface area contributed by atoms with E-state index in [2.05, 4.69) is 0 Å². The molecule has 0 fully saturated rings. The molecule has 1 unspecified atom stereocenters. The average molecular weight is 194 g/mol. The number of halogens is 1. The van der Waals surface area contributed by atoms with Crippen molar-refractivity contribution in [2.75, 3.05) is 0 Å². The number of hydrogen-bond acceptors (Lipinski definition) is 2. The molecule has 0 saturated carbocycles. The first-order valence-corrected chi connectivity index (χ1v) is 4.64. The fourth-order valence-corrected chi connectivity index (χ4v) is 1.71. The van der Waals surface area contributed by atoms with Gasteiger partial charge in [0.15, 0.2) is 6.10 Å². The van der Waals surface area contributed by atoms with Crippen LogP contribution in [-0.4, -0.2) is 11.9 Å². The number of aryl methyl sites for hydroxylation is 1. The Morgan fingerprint density at radius 3 is 2.86 bits per heavy atom. The number of hydrogen-bond donors (Lipinski definition) is 0. The SMILES string of the molecule is CCC1Oc2c(C)cc(F)cc2C1=O. The van der Waals surface area contributed by atoms with E-state index >= 15 is 0 Å². The Labute approximate surface area is 81.7 Å². The first kappa shape index (κ1) is 9.19. The Morgan fingerprint density at radius 1 is 1.50 bits per heavy atom. The van der Waals surface area contributed by atoms with E-state index < -0.39 is 6.10 Å². The van der Waals surface area contributed by atoms with E-state index in [1.165, 1.54) is 12.1 Å². The lowest BCUT2D eigenvalue weighted by molar-refractivity contribution is 0.0852. The van der Waals surface area contributed by atoms with Gasteiger partial charge in [-0.05, 0) is 31.0 Å². The third kappa shape index (κ3) is 1.20. The highest BCUT2D eigenvalue weighted by atomic mass is 19.1. The number of ether oxygens (including phenoxy) is 1. The van der Waals surface area contributed by atoms with Gasteiger partial charge in [-0.1, -0.05) is 6.92 Å². The maximum atomic E-state index is 13.0. The second-order valence-corrected chi connectivity index (χ2v) is 3.48. The monoisotopic (exact) mass is 194 g/mol. The Hall–Kier alpha value is -1.38. The van der Waals surface area contributed by atoms with Crippen molar-refractivity contribution in [3.63, 3.8) is 0 Å². The molecule has 1 aliphatic heterocycles. The summed E-state index contributed by atoms with van der Waals surface area (Å²) in [6, 6.07) is 2.63. The van der Waals surface area contributed by atoms with Crippen LogP contribution < -0.4 is 4.74 Å². The third-order valence-electron chi connectivity index (χ3n) is 2.43. The molecular weight excluding hydrogens is 183 g/mol. The van der Waals surface area contributed by atoms with Crippen molar-refractivity contribution in [1.29, 1.82) is 0 Å². The summed E-state index contributed by atoms with van der Waals surface area (Å²) in [4.78, 5) is 11.6. The van der Waals surface area contributed by atoms with Gasteiger partial charge < -0.3 is 4.74 Å². The van der Waals surface area contributed by atoms with Crippen molar-refractivity contribution >= 4 is 5.78 Å². The van der Waals surface area contributed by atoms with Crippen LogP contribution in [0, 0.1) is 12.7 Å². The summed E-state index contributed by atoms with van der Waals surface area (Å²) in [7, 11) is 0. The number of carbonyl (C=O) groups excluding carboxylic acids is 1. The molecule has 0 spiro atoms. The highest BCUT2D eigenvalue weighted by Gasteiger charge is 2.32. The molecule has 2 nitrogen and oxygen atoms in total. The van der Waals surface area contributed by atoms with E-state index in [1.54, 1.807) is 6.92 Å². The molecule has 0 N–H and O–H groups in total. The fourth-order valence-electron chi connectivity index (χ4n) is 1.71. The second-order valence-electron chi connectivity index (χ2n) is 3.48. The van der Waals surface area contributed by atoms with Crippen LogP contribution in [0.2, 0.25) is 0 Å². The number of benzene rings is 1. The Bertz CT molecular complexity index is 399. The van der Waals surface area contributed by atoms with Crippen molar-refractivity contribution in [3.8, 4) is 5.75 Å². The fraction of sp³-hybridized carbons (Fsp3) is 0.364. The Balaban J connectivity index is 2.53. The highest BCUT2D eigenvalue weighted by molar-refractivity contribution is 6.04. The summed E-state index contributed by atoms with van der Waals surface area (Å²) in [5.41, 5.74) is 1.07. The normalized spacial score (nSPS) is 19.4. The summed E-state index contributed by atoms with van der Waals surface area (Å²) in [5.74, 6) is 0.0586. The summed E-state index contributed by atoms with van der Waals surface area (Å²) in [5, 5.41) is 0. The Kier molecular flexibility index (Phi) is 2.02. The number of Topliss-reactive ketones (excluding diaryl/α,β-unsaturated/α-hetero) is 1. The van der Waals surface area contributed by atoms with E-state index in [-0.39, 0.29) is 11.6 Å². The molecule has 0 aromatic heterocycles. The molecule has 1 aliphatic rings. The van der Waals surface area contributed by atoms with Gasteiger partial charge in [-0.15, -0.1) is 0 Å². The quantitative estimate of drug-likeness (QED) is 0.686. The molecule has 1 heterocycles. The summed E-state index contributed by atoms with van der Waals surface area (Å²) in [6.45, 7) is 3.62. The molecule has 2 rings (SSSR count). The van der Waals surface area contributed by atoms with Crippen LogP contribution in [-0.2, 0) is 0 Å². The maximum Gasteiger partial charge on any atom is 0.207 e. The van der Waals surface area contributed by atoms with E-state index in [9.17, 15) is 9.18 Å². The summed E-state index contributed by atoms with van der Waals surface area (Å²) < 4.78 is 18.5. The lowest BCUT2D eigenvalue weighted by Gasteiger charge is -2.06. The van der Waals surface area contributed by atoms with Crippen LogP contribution in [0.15, 0.2) is 12.1 Å². The van der Waals surface area contributed by atoms with Gasteiger partial charge >= 0.3 is 0 Å². The van der Waals surface area contributed by atoms with Crippen LogP contribution in [0.4, 0.5) is 4.39 Å². The van der Waals surface area contributed by atoms with Crippen molar-refractivity contribution in [2.45, 2.75) is 26.4 Å². The van der Waals surface area contributed by atoms with Crippen molar-refractivity contribution < 1.29 is 13.9 Å². The van der Waals surface area contributed by atoms with Crippen LogP contribution in [0.3, 0.4) is 0 Å². The van der Waals surface area contributed by atoms with Gasteiger partial charge in [-0.2, -0.15) is 0 Å². The zero-order chi connectivity index (χ0) is 10.3. The molecule has 1 atom stereocenters. The largest absolute Gasteiger partial charge is 0.481 e. The molecule has 74 valence electrons. The molecule has 0 radical (unpaired) electrons. The smallest absolute Gasteiger partial charge is 0.207 e. The predicted molar refractivity (Wildman–Crippen MR) is 50.2 cm³/mol. The number of fused-ring (bicyclic) bond motifs is 1. The topological polar surface area (TPSA) is 26.3 Å². The minimum atomic E-state index is -0.425. The molecule has 0 saturated heterocycles. The molecule has 1 aromatic rings. The lowest BCUT2D eigenvalue weighted by atomic mass is 10.0. The minimum Gasteiger partial charge on any atom is -0.481 e. The lowest BCUT2D eigenvalue weighted by Crippen LogP contribution is -2.18. The minimum absolute atomic E-state index is 0.106. The van der Waals surface area contributed by atoms with Gasteiger partial charge in [0.05, 0.1) is 5.56 Å². The van der Waals surface area contributed by atoms with Gasteiger partial charge in [0, 0.05) is 0 Å². The van der Waals surface area contributed by atoms with Crippen molar-refractivity contribution in [1.82, 2.24) is 0 Å². The Morgan fingerprint density at radius 2 is 2.21 bits per heavy atom. The maximum absolute atomic E-state index is 13.0. The number of carbonyl (C=O) groups is 1. The predicted octanol–water partition coefficient (Wildman–Crippen LogP) is 2.49. The van der Waals surface area contributed by atoms with Gasteiger partial charge in [0.2, 0.25) is 5.78 Å². The van der Waals surface area contributed by atoms with Crippen molar-refractivity contribution in [3.05, 3.63) is 29.1 Å². The second kappa shape index (κ2) is 3.08. The molecule has 0 aliphatic carbocycles. The zero-order valence-corrected chi connectivity index (χ0v) is 8.13. The molecule has 0 bridgehead atoms. The van der Waals surface area contributed by atoms with Crippen LogP contribution in [0.25, 0.3) is 0 Å². The highest BCUT2D eigenvalue weighted by Crippen LogP contribution is 2.33. The molecular formula is C11H11FO2. The van der Waals surface area contributed by atoms with E-state index in [0.29, 0.717) is 23.3 Å². The van der Waals surface area contributed by atoms with Crippen LogP contribution >= 0.6 is 0 Å². The van der Waals surface area contributed by atoms with E-state index in [4.69, 9.17) is 4.74 Å².